The van der Waals surface area contributed by atoms with E-state index in [0.717, 1.165) is 44.1 Å². The average Bonchev–Trinajstić information content (AvgIpc) is 3.04. The normalized spacial score (nSPS) is 11.3. The third-order valence-electron chi connectivity index (χ3n) is 3.68. The highest BCUT2D eigenvalue weighted by Crippen LogP contribution is 2.07. The van der Waals surface area contributed by atoms with Gasteiger partial charge in [-0.05, 0) is 43.4 Å². The fourth-order valence-corrected chi connectivity index (χ4v) is 2.31. The van der Waals surface area contributed by atoms with Crippen LogP contribution in [0.4, 0.5) is 0 Å². The zero-order chi connectivity index (χ0) is 17.2. The fraction of sp³-hybridized carbons (Fsp3) is 0.474. The first kappa shape index (κ1) is 21.5. The van der Waals surface area contributed by atoms with Crippen LogP contribution in [0.25, 0.3) is 5.69 Å². The van der Waals surface area contributed by atoms with Gasteiger partial charge in [0.25, 0.3) is 0 Å². The van der Waals surface area contributed by atoms with E-state index in [1.807, 2.05) is 29.1 Å². The molecule has 0 atom stereocenters. The van der Waals surface area contributed by atoms with Gasteiger partial charge >= 0.3 is 0 Å². The van der Waals surface area contributed by atoms with Crippen LogP contribution in [-0.4, -0.2) is 35.4 Å². The van der Waals surface area contributed by atoms with Crippen molar-refractivity contribution in [1.29, 1.82) is 0 Å². The summed E-state index contributed by atoms with van der Waals surface area (Å²) in [6, 6.07) is 10.2. The van der Waals surface area contributed by atoms with E-state index in [-0.39, 0.29) is 24.0 Å². The first-order valence-electron chi connectivity index (χ1n) is 8.80. The Morgan fingerprint density at radius 3 is 2.64 bits per heavy atom. The molecule has 25 heavy (non-hydrogen) atoms. The smallest absolute Gasteiger partial charge is 0.191 e. The molecule has 0 aliphatic rings. The summed E-state index contributed by atoms with van der Waals surface area (Å²) in [6.07, 6.45) is 6.04. The number of nitrogens with one attached hydrogen (secondary N) is 2. The summed E-state index contributed by atoms with van der Waals surface area (Å²) in [4.78, 5) is 4.61. The van der Waals surface area contributed by atoms with Crippen LogP contribution in [-0.2, 0) is 6.42 Å². The molecule has 0 spiro atoms. The lowest BCUT2D eigenvalue weighted by molar-refractivity contribution is 0.594. The minimum Gasteiger partial charge on any atom is -0.357 e. The standard InChI is InChI=1S/C19H29N5.HI/c1-4-20-19(21-12-10-16(2)3)22-13-11-17-14-23-24(15-17)18-8-6-5-7-9-18;/h5-9,14-16H,4,10-13H2,1-3H3,(H2,20,21,22);1H. The number of nitrogens with zero attached hydrogens (tertiary/aromatic N) is 3. The third-order valence-corrected chi connectivity index (χ3v) is 3.68. The van der Waals surface area contributed by atoms with Crippen molar-refractivity contribution in [3.8, 4) is 5.69 Å². The molecule has 2 rings (SSSR count). The van der Waals surface area contributed by atoms with Crippen LogP contribution in [0.15, 0.2) is 47.7 Å². The van der Waals surface area contributed by atoms with E-state index in [1.165, 1.54) is 5.56 Å². The molecule has 0 amide bonds. The van der Waals surface area contributed by atoms with Crippen LogP contribution in [0.1, 0.15) is 32.8 Å². The summed E-state index contributed by atoms with van der Waals surface area (Å²) < 4.78 is 1.91. The molecule has 1 aromatic carbocycles. The van der Waals surface area contributed by atoms with E-state index in [4.69, 9.17) is 0 Å². The highest BCUT2D eigenvalue weighted by atomic mass is 127. The summed E-state index contributed by atoms with van der Waals surface area (Å²) >= 11 is 0. The van der Waals surface area contributed by atoms with Gasteiger partial charge in [-0.1, -0.05) is 32.0 Å². The lowest BCUT2D eigenvalue weighted by Gasteiger charge is -2.11. The van der Waals surface area contributed by atoms with E-state index in [2.05, 4.69) is 59.8 Å². The molecule has 0 radical (unpaired) electrons. The zero-order valence-corrected chi connectivity index (χ0v) is 17.7. The number of guanidine groups is 1. The summed E-state index contributed by atoms with van der Waals surface area (Å²) in [5.74, 6) is 1.58. The number of benzene rings is 1. The number of para-hydroxylation sites is 1. The van der Waals surface area contributed by atoms with Gasteiger partial charge in [0, 0.05) is 25.8 Å². The number of rotatable bonds is 8. The lowest BCUT2D eigenvalue weighted by atomic mass is 10.1. The monoisotopic (exact) mass is 455 g/mol. The van der Waals surface area contributed by atoms with Crippen LogP contribution >= 0.6 is 24.0 Å². The minimum absolute atomic E-state index is 0. The van der Waals surface area contributed by atoms with E-state index in [9.17, 15) is 0 Å². The van der Waals surface area contributed by atoms with E-state index in [1.54, 1.807) is 0 Å². The Kier molecular flexibility index (Phi) is 10.2. The number of halogens is 1. The molecule has 6 heteroatoms. The zero-order valence-electron chi connectivity index (χ0n) is 15.4. The summed E-state index contributed by atoms with van der Waals surface area (Å²) in [6.45, 7) is 9.11. The average molecular weight is 455 g/mol. The molecule has 1 heterocycles. The van der Waals surface area contributed by atoms with Crippen molar-refractivity contribution in [3.05, 3.63) is 48.3 Å². The van der Waals surface area contributed by atoms with Gasteiger partial charge in [-0.25, -0.2) is 4.68 Å². The summed E-state index contributed by atoms with van der Waals surface area (Å²) in [5.41, 5.74) is 2.30. The number of aliphatic imine (C=N–C) groups is 1. The number of aromatic nitrogens is 2. The van der Waals surface area contributed by atoms with E-state index in [0.29, 0.717) is 5.92 Å². The molecule has 0 saturated carbocycles. The Morgan fingerprint density at radius 1 is 1.20 bits per heavy atom. The molecule has 0 saturated heterocycles. The molecular weight excluding hydrogens is 425 g/mol. The molecule has 2 N–H and O–H groups in total. The molecule has 0 aliphatic heterocycles. The molecular formula is C19H30IN5. The molecule has 2 aromatic rings. The second-order valence-electron chi connectivity index (χ2n) is 6.25. The van der Waals surface area contributed by atoms with Crippen LogP contribution in [0.3, 0.4) is 0 Å². The van der Waals surface area contributed by atoms with Gasteiger partial charge in [0.05, 0.1) is 11.9 Å². The van der Waals surface area contributed by atoms with Crippen molar-refractivity contribution in [2.45, 2.75) is 33.6 Å². The Bertz CT molecular complexity index is 622. The number of hydrogen-bond acceptors (Lipinski definition) is 2. The molecule has 0 aliphatic carbocycles. The molecule has 1 aromatic heterocycles. The summed E-state index contributed by atoms with van der Waals surface area (Å²) in [5, 5.41) is 11.1. The molecule has 0 fully saturated rings. The van der Waals surface area contributed by atoms with Crippen LogP contribution in [0, 0.1) is 5.92 Å². The second-order valence-corrected chi connectivity index (χ2v) is 6.25. The lowest BCUT2D eigenvalue weighted by Crippen LogP contribution is -2.38. The van der Waals surface area contributed by atoms with E-state index < -0.39 is 0 Å². The SMILES string of the molecule is CCNC(=NCCC(C)C)NCCc1cnn(-c2ccccc2)c1.I. The van der Waals surface area contributed by atoms with Gasteiger partial charge in [-0.3, -0.25) is 4.99 Å². The Labute approximate surface area is 168 Å². The number of hydrogen-bond donors (Lipinski definition) is 2. The largest absolute Gasteiger partial charge is 0.357 e. The van der Waals surface area contributed by atoms with Gasteiger partial charge in [0.2, 0.25) is 0 Å². The predicted octanol–water partition coefficient (Wildman–Crippen LogP) is 3.63. The quantitative estimate of drug-likeness (QED) is 0.363. The third kappa shape index (κ3) is 7.90. The van der Waals surface area contributed by atoms with Gasteiger partial charge in [0.15, 0.2) is 5.96 Å². The van der Waals surface area contributed by atoms with Crippen molar-refractivity contribution in [2.75, 3.05) is 19.6 Å². The van der Waals surface area contributed by atoms with Crippen molar-refractivity contribution in [1.82, 2.24) is 20.4 Å². The first-order valence-corrected chi connectivity index (χ1v) is 8.80. The van der Waals surface area contributed by atoms with Crippen molar-refractivity contribution in [2.24, 2.45) is 10.9 Å². The molecule has 138 valence electrons. The van der Waals surface area contributed by atoms with Gasteiger partial charge in [-0.2, -0.15) is 5.10 Å². The van der Waals surface area contributed by atoms with Gasteiger partial charge in [0.1, 0.15) is 0 Å². The Morgan fingerprint density at radius 2 is 1.96 bits per heavy atom. The maximum Gasteiger partial charge on any atom is 0.191 e. The first-order chi connectivity index (χ1) is 11.7. The topological polar surface area (TPSA) is 54.2 Å². The molecule has 5 nitrogen and oxygen atoms in total. The fourth-order valence-electron chi connectivity index (χ4n) is 2.31. The second kappa shape index (κ2) is 11.9. The highest BCUT2D eigenvalue weighted by Gasteiger charge is 2.02. The van der Waals surface area contributed by atoms with Crippen LogP contribution < -0.4 is 10.6 Å². The van der Waals surface area contributed by atoms with E-state index >= 15 is 0 Å². The van der Waals surface area contributed by atoms with Crippen molar-refractivity contribution in [3.63, 3.8) is 0 Å². The van der Waals surface area contributed by atoms with Crippen molar-refractivity contribution >= 4 is 29.9 Å². The Hall–Kier alpha value is -1.57. The predicted molar refractivity (Wildman–Crippen MR) is 116 cm³/mol. The molecule has 0 bridgehead atoms. The highest BCUT2D eigenvalue weighted by molar-refractivity contribution is 14.0. The minimum atomic E-state index is 0. The van der Waals surface area contributed by atoms with Crippen LogP contribution in [0.5, 0.6) is 0 Å². The van der Waals surface area contributed by atoms with Crippen LogP contribution in [0.2, 0.25) is 0 Å². The maximum atomic E-state index is 4.61. The maximum absolute atomic E-state index is 4.61. The van der Waals surface area contributed by atoms with Gasteiger partial charge in [-0.15, -0.1) is 24.0 Å². The molecule has 0 unspecified atom stereocenters. The Balaban J connectivity index is 0.00000312. The van der Waals surface area contributed by atoms with Gasteiger partial charge < -0.3 is 10.6 Å². The van der Waals surface area contributed by atoms with Crippen molar-refractivity contribution < 1.29 is 0 Å². The summed E-state index contributed by atoms with van der Waals surface area (Å²) in [7, 11) is 0.